The van der Waals surface area contributed by atoms with Crippen LogP contribution in [0.2, 0.25) is 0 Å². The Morgan fingerprint density at radius 2 is 2.32 bits per heavy atom. The number of nitrogens with one attached hydrogen (secondary N) is 1. The summed E-state index contributed by atoms with van der Waals surface area (Å²) < 4.78 is 26.5. The lowest BCUT2D eigenvalue weighted by atomic mass is 10.3. The van der Waals surface area contributed by atoms with Gasteiger partial charge < -0.3 is 5.43 Å². The summed E-state index contributed by atoms with van der Waals surface area (Å²) in [5.41, 5.74) is 2.25. The first-order chi connectivity index (χ1) is 8.84. The Balaban J connectivity index is 3.27. The Labute approximate surface area is 120 Å². The number of hydrogen-bond donors (Lipinski definition) is 2. The molecule has 0 fully saturated rings. The van der Waals surface area contributed by atoms with Gasteiger partial charge in [-0.05, 0) is 28.9 Å². The van der Waals surface area contributed by atoms with Crippen LogP contribution in [0.1, 0.15) is 13.3 Å². The largest absolute Gasteiger partial charge is 0.307 e. The molecule has 19 heavy (non-hydrogen) atoms. The Morgan fingerprint density at radius 3 is 2.84 bits per heavy atom. The topological polar surface area (TPSA) is 112 Å². The molecule has 3 N–H and O–H groups in total. The zero-order valence-corrected chi connectivity index (χ0v) is 12.9. The lowest BCUT2D eigenvalue weighted by Gasteiger charge is -2.23. The predicted molar refractivity (Wildman–Crippen MR) is 74.4 cm³/mol. The van der Waals surface area contributed by atoms with Crippen molar-refractivity contribution in [1.29, 1.82) is 5.26 Å². The average molecular weight is 348 g/mol. The first-order valence-electron chi connectivity index (χ1n) is 5.31. The van der Waals surface area contributed by atoms with E-state index in [0.717, 1.165) is 4.31 Å². The lowest BCUT2D eigenvalue weighted by Crippen LogP contribution is -2.35. The van der Waals surface area contributed by atoms with Gasteiger partial charge in [0, 0.05) is 23.8 Å². The summed E-state index contributed by atoms with van der Waals surface area (Å²) >= 11 is 3.17. The average Bonchev–Trinajstić information content (AvgIpc) is 2.38. The second-order valence-corrected chi connectivity index (χ2v) is 6.76. The monoisotopic (exact) mass is 347 g/mol. The highest BCUT2D eigenvalue weighted by atomic mass is 79.9. The van der Waals surface area contributed by atoms with Crippen LogP contribution in [0.4, 0.5) is 5.82 Å². The molecule has 9 heteroatoms. The van der Waals surface area contributed by atoms with Crippen molar-refractivity contribution in [1.82, 2.24) is 9.29 Å². The van der Waals surface area contributed by atoms with E-state index >= 15 is 0 Å². The summed E-state index contributed by atoms with van der Waals surface area (Å²) in [5.74, 6) is 5.32. The molecule has 0 radical (unpaired) electrons. The third-order valence-electron chi connectivity index (χ3n) is 2.62. The van der Waals surface area contributed by atoms with E-state index in [2.05, 4.69) is 26.3 Å². The van der Waals surface area contributed by atoms with Crippen LogP contribution in [0, 0.1) is 11.3 Å². The number of pyridine rings is 1. The van der Waals surface area contributed by atoms with Crippen LogP contribution in [0.3, 0.4) is 0 Å². The molecule has 1 unspecified atom stereocenters. The molecule has 0 aromatic carbocycles. The SMILES string of the molecule is CC(CC#N)N(C)S(=O)(=O)c1cc(Br)cnc1NN. The molecule has 0 aliphatic heterocycles. The summed E-state index contributed by atoms with van der Waals surface area (Å²) in [6.07, 6.45) is 1.54. The van der Waals surface area contributed by atoms with Crippen molar-refractivity contribution < 1.29 is 8.42 Å². The standard InChI is InChI=1S/C10H14BrN5O2S/c1-7(3-4-12)16(2)19(17,18)9-5-8(11)6-14-10(9)15-13/h5-7H,3,13H2,1-2H3,(H,14,15). The van der Waals surface area contributed by atoms with Gasteiger partial charge in [0.25, 0.3) is 0 Å². The van der Waals surface area contributed by atoms with Gasteiger partial charge in [-0.1, -0.05) is 0 Å². The van der Waals surface area contributed by atoms with Gasteiger partial charge in [0.15, 0.2) is 5.82 Å². The van der Waals surface area contributed by atoms with Crippen LogP contribution >= 0.6 is 15.9 Å². The molecule has 7 nitrogen and oxygen atoms in total. The fourth-order valence-corrected chi connectivity index (χ4v) is 3.35. The minimum absolute atomic E-state index is 0.0448. The Hall–Kier alpha value is -1.21. The van der Waals surface area contributed by atoms with Gasteiger partial charge in [0.1, 0.15) is 4.90 Å². The number of nitrogens with two attached hydrogens (primary N) is 1. The maximum Gasteiger partial charge on any atom is 0.246 e. The molecule has 0 bridgehead atoms. The number of nitriles is 1. The van der Waals surface area contributed by atoms with E-state index in [-0.39, 0.29) is 17.1 Å². The number of hydrogen-bond acceptors (Lipinski definition) is 6. The van der Waals surface area contributed by atoms with E-state index in [1.807, 2.05) is 6.07 Å². The molecule has 0 saturated carbocycles. The number of hydrazine groups is 1. The number of rotatable bonds is 5. The third kappa shape index (κ3) is 3.42. The van der Waals surface area contributed by atoms with Crippen LogP contribution in [-0.2, 0) is 10.0 Å². The summed E-state index contributed by atoms with van der Waals surface area (Å²) in [6, 6.07) is 2.91. The Morgan fingerprint density at radius 1 is 1.68 bits per heavy atom. The Kier molecular flexibility index (Phi) is 5.25. The lowest BCUT2D eigenvalue weighted by molar-refractivity contribution is 0.393. The molecule has 1 rings (SSSR count). The highest BCUT2D eigenvalue weighted by molar-refractivity contribution is 9.10. The second kappa shape index (κ2) is 6.29. The quantitative estimate of drug-likeness (QED) is 0.608. The summed E-state index contributed by atoms with van der Waals surface area (Å²) in [4.78, 5) is 3.85. The molecule has 1 heterocycles. The minimum atomic E-state index is -3.78. The molecule has 0 aliphatic rings. The number of nitrogen functional groups attached to an aromatic ring is 1. The van der Waals surface area contributed by atoms with Crippen molar-refractivity contribution in [2.45, 2.75) is 24.3 Å². The zero-order chi connectivity index (χ0) is 14.6. The zero-order valence-electron chi connectivity index (χ0n) is 10.5. The van der Waals surface area contributed by atoms with E-state index in [1.165, 1.54) is 19.3 Å². The predicted octanol–water partition coefficient (Wildman–Crippen LogP) is 1.05. The molecule has 104 valence electrons. The first-order valence-corrected chi connectivity index (χ1v) is 7.55. The number of aromatic nitrogens is 1. The van der Waals surface area contributed by atoms with Crippen molar-refractivity contribution in [2.75, 3.05) is 12.5 Å². The van der Waals surface area contributed by atoms with Crippen molar-refractivity contribution >= 4 is 31.8 Å². The smallest absolute Gasteiger partial charge is 0.246 e. The second-order valence-electron chi connectivity index (χ2n) is 3.88. The molecule has 1 aromatic rings. The maximum atomic E-state index is 12.4. The third-order valence-corrected chi connectivity index (χ3v) is 5.04. The van der Waals surface area contributed by atoms with Crippen LogP contribution in [0.15, 0.2) is 21.6 Å². The highest BCUT2D eigenvalue weighted by Gasteiger charge is 2.28. The number of sulfonamides is 1. The molecule has 1 atom stereocenters. The van der Waals surface area contributed by atoms with Gasteiger partial charge in [0.05, 0.1) is 12.5 Å². The molecule has 0 saturated heterocycles. The van der Waals surface area contributed by atoms with E-state index in [0.29, 0.717) is 4.47 Å². The van der Waals surface area contributed by atoms with Crippen LogP contribution in [0.5, 0.6) is 0 Å². The van der Waals surface area contributed by atoms with E-state index in [1.54, 1.807) is 6.92 Å². The van der Waals surface area contributed by atoms with Gasteiger partial charge in [-0.15, -0.1) is 0 Å². The van der Waals surface area contributed by atoms with E-state index in [9.17, 15) is 8.42 Å². The molecular formula is C10H14BrN5O2S. The van der Waals surface area contributed by atoms with Gasteiger partial charge >= 0.3 is 0 Å². The minimum Gasteiger partial charge on any atom is -0.307 e. The molecule has 0 amide bonds. The van der Waals surface area contributed by atoms with Crippen LogP contribution < -0.4 is 11.3 Å². The number of halogens is 1. The van der Waals surface area contributed by atoms with Gasteiger partial charge in [0.2, 0.25) is 10.0 Å². The van der Waals surface area contributed by atoms with E-state index < -0.39 is 16.1 Å². The van der Waals surface area contributed by atoms with E-state index in [4.69, 9.17) is 11.1 Å². The van der Waals surface area contributed by atoms with Gasteiger partial charge in [-0.25, -0.2) is 19.2 Å². The number of nitrogens with zero attached hydrogens (tertiary/aromatic N) is 3. The molecule has 1 aromatic heterocycles. The van der Waals surface area contributed by atoms with Crippen molar-refractivity contribution in [3.05, 3.63) is 16.7 Å². The summed E-state index contributed by atoms with van der Waals surface area (Å²) in [7, 11) is -2.36. The first kappa shape index (κ1) is 15.8. The highest BCUT2D eigenvalue weighted by Crippen LogP contribution is 2.26. The van der Waals surface area contributed by atoms with Crippen molar-refractivity contribution in [2.24, 2.45) is 5.84 Å². The molecule has 0 spiro atoms. The van der Waals surface area contributed by atoms with Crippen LogP contribution in [0.25, 0.3) is 0 Å². The summed E-state index contributed by atoms with van der Waals surface area (Å²) in [5, 5.41) is 8.64. The fourth-order valence-electron chi connectivity index (χ4n) is 1.38. The van der Waals surface area contributed by atoms with Crippen LogP contribution in [-0.4, -0.2) is 30.8 Å². The van der Waals surface area contributed by atoms with Crippen molar-refractivity contribution in [3.63, 3.8) is 0 Å². The summed E-state index contributed by atoms with van der Waals surface area (Å²) in [6.45, 7) is 1.65. The van der Waals surface area contributed by atoms with Crippen molar-refractivity contribution in [3.8, 4) is 6.07 Å². The molecular weight excluding hydrogens is 334 g/mol. The normalized spacial score (nSPS) is 13.1. The Bertz CT molecular complexity index is 598. The molecule has 0 aliphatic carbocycles. The maximum absolute atomic E-state index is 12.4. The number of anilines is 1. The van der Waals surface area contributed by atoms with Gasteiger partial charge in [-0.2, -0.15) is 9.57 Å². The van der Waals surface area contributed by atoms with Gasteiger partial charge in [-0.3, -0.25) is 0 Å². The fraction of sp³-hybridized carbons (Fsp3) is 0.400.